The molecule has 0 unspecified atom stereocenters. The summed E-state index contributed by atoms with van der Waals surface area (Å²) in [7, 11) is 2.99. The number of ketones is 3. The molecule has 0 aliphatic carbocycles. The maximum absolute atomic E-state index is 12.6. The van der Waals surface area contributed by atoms with Gasteiger partial charge in [-0.3, -0.25) is 24.0 Å². The number of hydrogen-bond donors (Lipinski definition) is 0. The van der Waals surface area contributed by atoms with Gasteiger partial charge in [-0.2, -0.15) is 0 Å². The third kappa shape index (κ3) is 12.4. The molecule has 0 N–H and O–H groups in total. The summed E-state index contributed by atoms with van der Waals surface area (Å²) in [5, 5.41) is 0. The monoisotopic (exact) mass is 512 g/mol. The molecule has 0 aromatic heterocycles. The van der Waals surface area contributed by atoms with E-state index in [2.05, 4.69) is 16.1 Å². The number of ether oxygens (including phenoxy) is 4. The molecular formula is C28H32O9. The quantitative estimate of drug-likeness (QED) is 0.0983. The van der Waals surface area contributed by atoms with Crippen molar-refractivity contribution in [2.75, 3.05) is 21.0 Å². The normalized spacial score (nSPS) is 9.84. The van der Waals surface area contributed by atoms with Crippen molar-refractivity contribution in [3.63, 3.8) is 0 Å². The number of benzene rings is 2. The van der Waals surface area contributed by atoms with Crippen molar-refractivity contribution in [1.29, 1.82) is 0 Å². The molecule has 0 saturated carbocycles. The summed E-state index contributed by atoms with van der Waals surface area (Å²) < 4.78 is 19.2. The number of methoxy groups -OCH3 is 2. The van der Waals surface area contributed by atoms with Crippen LogP contribution in [0.5, 0.6) is 11.5 Å². The van der Waals surface area contributed by atoms with E-state index in [1.54, 1.807) is 31.4 Å². The standard InChI is InChI=1S/C22H22O5.C6H10O4/c1-4-5-18-14-17(8-11-21(18)27-22(25)12-15(2)23)20(24)13-16-6-9-19(26-3)10-7-16;1-5(7)3-6(8)10-4-9-2/h4,6-11,14H,1,5,12-13H2,2-3H3;3-4H2,1-2H3. The number of allylic oxidation sites excluding steroid dienone is 1. The predicted molar refractivity (Wildman–Crippen MR) is 136 cm³/mol. The maximum atomic E-state index is 12.6. The molecule has 0 saturated heterocycles. The number of hydrogen-bond acceptors (Lipinski definition) is 9. The highest BCUT2D eigenvalue weighted by Crippen LogP contribution is 2.23. The van der Waals surface area contributed by atoms with Crippen molar-refractivity contribution >= 4 is 29.3 Å². The molecule has 198 valence electrons. The molecule has 0 bridgehead atoms. The van der Waals surface area contributed by atoms with E-state index >= 15 is 0 Å². The van der Waals surface area contributed by atoms with E-state index in [9.17, 15) is 24.0 Å². The van der Waals surface area contributed by atoms with Crippen LogP contribution in [0.25, 0.3) is 0 Å². The summed E-state index contributed by atoms with van der Waals surface area (Å²) in [6.07, 6.45) is 1.89. The third-order valence-electron chi connectivity index (χ3n) is 4.62. The van der Waals surface area contributed by atoms with Gasteiger partial charge >= 0.3 is 11.9 Å². The van der Waals surface area contributed by atoms with Gasteiger partial charge in [-0.25, -0.2) is 0 Å². The van der Waals surface area contributed by atoms with Gasteiger partial charge in [0, 0.05) is 19.1 Å². The Balaban J connectivity index is 0.000000580. The van der Waals surface area contributed by atoms with Crippen molar-refractivity contribution in [3.05, 3.63) is 71.8 Å². The molecule has 2 aromatic rings. The average Bonchev–Trinajstić information content (AvgIpc) is 2.84. The van der Waals surface area contributed by atoms with E-state index in [1.807, 2.05) is 24.3 Å². The third-order valence-corrected chi connectivity index (χ3v) is 4.62. The van der Waals surface area contributed by atoms with Gasteiger partial charge in [-0.1, -0.05) is 18.2 Å². The Morgan fingerprint density at radius 3 is 2.03 bits per heavy atom. The van der Waals surface area contributed by atoms with Gasteiger partial charge in [-0.05, 0) is 61.7 Å². The number of Topliss-reactive ketones (excluding diaryl/α,β-unsaturated/α-hetero) is 3. The van der Waals surface area contributed by atoms with Gasteiger partial charge in [0.15, 0.2) is 12.6 Å². The Kier molecular flexibility index (Phi) is 13.8. The Labute approximate surface area is 216 Å². The van der Waals surface area contributed by atoms with Crippen LogP contribution in [0.2, 0.25) is 0 Å². The molecule has 0 aliphatic heterocycles. The zero-order valence-corrected chi connectivity index (χ0v) is 21.5. The van der Waals surface area contributed by atoms with Crippen molar-refractivity contribution in [2.24, 2.45) is 0 Å². The van der Waals surface area contributed by atoms with E-state index in [1.165, 1.54) is 21.0 Å². The summed E-state index contributed by atoms with van der Waals surface area (Å²) in [6.45, 7) is 6.25. The van der Waals surface area contributed by atoms with Gasteiger partial charge in [-0.15, -0.1) is 6.58 Å². The first-order valence-corrected chi connectivity index (χ1v) is 11.3. The maximum Gasteiger partial charge on any atom is 0.318 e. The largest absolute Gasteiger partial charge is 0.497 e. The fourth-order valence-corrected chi connectivity index (χ4v) is 2.94. The number of carbonyl (C=O) groups excluding carboxylic acids is 5. The van der Waals surface area contributed by atoms with Gasteiger partial charge < -0.3 is 18.9 Å². The predicted octanol–water partition coefficient (Wildman–Crippen LogP) is 3.85. The fourth-order valence-electron chi connectivity index (χ4n) is 2.94. The highest BCUT2D eigenvalue weighted by molar-refractivity contribution is 5.98. The van der Waals surface area contributed by atoms with Crippen LogP contribution >= 0.6 is 0 Å². The summed E-state index contributed by atoms with van der Waals surface area (Å²) in [5.74, 6) is -0.623. The Bertz CT molecular complexity index is 1100. The average molecular weight is 513 g/mol. The Hall–Kier alpha value is -4.11. The first-order valence-electron chi connectivity index (χ1n) is 11.3. The Morgan fingerprint density at radius 2 is 1.49 bits per heavy atom. The van der Waals surface area contributed by atoms with E-state index < -0.39 is 11.9 Å². The minimum Gasteiger partial charge on any atom is -0.497 e. The lowest BCUT2D eigenvalue weighted by Gasteiger charge is -2.11. The second-order valence-corrected chi connectivity index (χ2v) is 7.92. The lowest BCUT2D eigenvalue weighted by molar-refractivity contribution is -0.155. The highest BCUT2D eigenvalue weighted by atomic mass is 16.7. The molecule has 37 heavy (non-hydrogen) atoms. The van der Waals surface area contributed by atoms with Crippen LogP contribution < -0.4 is 9.47 Å². The topological polar surface area (TPSA) is 122 Å². The highest BCUT2D eigenvalue weighted by Gasteiger charge is 2.14. The molecule has 0 spiro atoms. The lowest BCUT2D eigenvalue weighted by Crippen LogP contribution is -2.13. The molecule has 0 fully saturated rings. The molecule has 9 heteroatoms. The van der Waals surface area contributed by atoms with Gasteiger partial charge in [0.1, 0.15) is 35.9 Å². The first kappa shape index (κ1) is 30.9. The molecule has 0 atom stereocenters. The molecular weight excluding hydrogens is 480 g/mol. The minimum absolute atomic E-state index is 0.0490. The fraction of sp³-hybridized carbons (Fsp3) is 0.321. The van der Waals surface area contributed by atoms with Crippen LogP contribution in [0, 0.1) is 0 Å². The molecule has 2 rings (SSSR count). The summed E-state index contributed by atoms with van der Waals surface area (Å²) >= 11 is 0. The van der Waals surface area contributed by atoms with Crippen molar-refractivity contribution in [3.8, 4) is 11.5 Å². The van der Waals surface area contributed by atoms with Crippen LogP contribution in [0.1, 0.15) is 48.2 Å². The molecule has 0 radical (unpaired) electrons. The number of esters is 2. The molecule has 0 aliphatic rings. The number of rotatable bonds is 13. The molecule has 2 aromatic carbocycles. The van der Waals surface area contributed by atoms with E-state index in [0.29, 0.717) is 23.3 Å². The van der Waals surface area contributed by atoms with Gasteiger partial charge in [0.2, 0.25) is 0 Å². The van der Waals surface area contributed by atoms with E-state index in [4.69, 9.17) is 9.47 Å². The summed E-state index contributed by atoms with van der Waals surface area (Å²) in [4.78, 5) is 56.1. The van der Waals surface area contributed by atoms with Gasteiger partial charge in [0.25, 0.3) is 0 Å². The van der Waals surface area contributed by atoms with Crippen LogP contribution in [0.15, 0.2) is 55.1 Å². The SMILES string of the molecule is C=CCc1cc(C(=O)Cc2ccc(OC)cc2)ccc1OC(=O)CC(C)=O.COCOC(=O)CC(C)=O. The van der Waals surface area contributed by atoms with Crippen LogP contribution in [0.4, 0.5) is 0 Å². The van der Waals surface area contributed by atoms with Crippen molar-refractivity contribution < 1.29 is 42.9 Å². The van der Waals surface area contributed by atoms with Crippen molar-refractivity contribution in [2.45, 2.75) is 39.5 Å². The van der Waals surface area contributed by atoms with Crippen LogP contribution in [-0.2, 0) is 41.5 Å². The van der Waals surface area contributed by atoms with Crippen LogP contribution in [0.3, 0.4) is 0 Å². The lowest BCUT2D eigenvalue weighted by atomic mass is 9.99. The van der Waals surface area contributed by atoms with Gasteiger partial charge in [0.05, 0.1) is 7.11 Å². The summed E-state index contributed by atoms with van der Waals surface area (Å²) in [5.41, 5.74) is 2.07. The van der Waals surface area contributed by atoms with E-state index in [-0.39, 0.29) is 43.4 Å². The minimum atomic E-state index is -0.620. The first-order chi connectivity index (χ1) is 17.6. The second kappa shape index (κ2) is 16.5. The molecule has 9 nitrogen and oxygen atoms in total. The van der Waals surface area contributed by atoms with E-state index in [0.717, 1.165) is 11.3 Å². The zero-order valence-electron chi connectivity index (χ0n) is 21.5. The van der Waals surface area contributed by atoms with Crippen LogP contribution in [-0.4, -0.2) is 50.3 Å². The zero-order chi connectivity index (χ0) is 27.8. The number of carbonyl (C=O) groups is 5. The molecule has 0 heterocycles. The van der Waals surface area contributed by atoms with Crippen molar-refractivity contribution in [1.82, 2.24) is 0 Å². The smallest absolute Gasteiger partial charge is 0.318 e. The Morgan fingerprint density at radius 1 is 0.865 bits per heavy atom. The molecule has 0 amide bonds. The second-order valence-electron chi connectivity index (χ2n) is 7.92. The summed E-state index contributed by atoms with van der Waals surface area (Å²) in [6, 6.07) is 12.2.